The second-order valence-corrected chi connectivity index (χ2v) is 13.0. The molecule has 0 radical (unpaired) electrons. The minimum Gasteiger partial charge on any atom is -0.478 e. The van der Waals surface area contributed by atoms with Gasteiger partial charge in [-0.15, -0.1) is 0 Å². The van der Waals surface area contributed by atoms with Crippen LogP contribution in [0.25, 0.3) is 10.8 Å². The van der Waals surface area contributed by atoms with Crippen molar-refractivity contribution in [2.24, 2.45) is 16.6 Å². The second-order valence-electron chi connectivity index (χ2n) is 13.0. The zero-order valence-corrected chi connectivity index (χ0v) is 28.1. The summed E-state index contributed by atoms with van der Waals surface area (Å²) in [5.74, 6) is -0.0205. The largest absolute Gasteiger partial charge is 0.478 e. The molecule has 2 aromatic carbocycles. The molecular weight excluding hydrogens is 622 g/mol. The molecule has 0 amide bonds. The SMILES string of the molecule is NC1=NCCC(C(=CC(=O)O)C(CCC(CCCC(O)CCC(C=O)CCCO)c2ccc3ccc(CC=O)cc3c2)Nc2ccc[nH]2)N1. The van der Waals surface area contributed by atoms with Crippen molar-refractivity contribution in [3.8, 4) is 0 Å². The number of hydrogen-bond acceptors (Lipinski definition) is 9. The standard InChI is InChI=1S/C38H51N5O6/c39-38-41-19-16-35(43-38)33(24-37(48)49)34(42-36-7-2-18-40-36)15-13-28(5-1-6-32(47)14-9-27(25-46)4-3-20-44)30-12-11-29-10-8-26(17-21-45)22-31(29)23-30/h2,7-8,10-12,18,21-25,27-28,32,34-35,40,42,44,47H,1,3-6,9,13-17,19-20H2,(H,48,49)(H3,39,41,43). The lowest BCUT2D eigenvalue weighted by Crippen LogP contribution is -2.48. The molecule has 1 aromatic heterocycles. The van der Waals surface area contributed by atoms with Crippen molar-refractivity contribution in [2.75, 3.05) is 18.5 Å². The zero-order chi connectivity index (χ0) is 35.0. The van der Waals surface area contributed by atoms with Crippen LogP contribution in [0, 0.1) is 5.92 Å². The lowest BCUT2D eigenvalue weighted by atomic mass is 9.84. The third-order valence-electron chi connectivity index (χ3n) is 9.45. The molecule has 0 aliphatic carbocycles. The number of carbonyl (C=O) groups is 3. The number of aromatic amines is 1. The molecule has 1 aliphatic heterocycles. The molecule has 5 atom stereocenters. The lowest BCUT2D eigenvalue weighted by Gasteiger charge is -2.32. The summed E-state index contributed by atoms with van der Waals surface area (Å²) >= 11 is 0. The minimum atomic E-state index is -1.03. The highest BCUT2D eigenvalue weighted by Gasteiger charge is 2.28. The number of carboxylic acids is 1. The van der Waals surface area contributed by atoms with E-state index in [9.17, 15) is 24.6 Å². The number of guanidine groups is 1. The van der Waals surface area contributed by atoms with Crippen molar-refractivity contribution >= 4 is 41.1 Å². The number of fused-ring (bicyclic) bond motifs is 1. The van der Waals surface area contributed by atoms with Gasteiger partial charge in [0.2, 0.25) is 0 Å². The van der Waals surface area contributed by atoms with Crippen molar-refractivity contribution in [1.29, 1.82) is 0 Å². The topological polar surface area (TPSA) is 190 Å². The number of H-pyrrole nitrogens is 1. The molecule has 3 aromatic rings. The Bertz CT molecular complexity index is 1560. The van der Waals surface area contributed by atoms with Gasteiger partial charge >= 0.3 is 5.97 Å². The first-order chi connectivity index (χ1) is 23.8. The van der Waals surface area contributed by atoms with Gasteiger partial charge in [0, 0.05) is 37.8 Å². The predicted octanol–water partition coefficient (Wildman–Crippen LogP) is 4.84. The van der Waals surface area contributed by atoms with E-state index >= 15 is 0 Å². The summed E-state index contributed by atoms with van der Waals surface area (Å²) in [6.07, 6.45) is 11.2. The van der Waals surface area contributed by atoms with Crippen LogP contribution in [0.5, 0.6) is 0 Å². The molecule has 49 heavy (non-hydrogen) atoms. The van der Waals surface area contributed by atoms with Gasteiger partial charge in [-0.3, -0.25) is 4.99 Å². The van der Waals surface area contributed by atoms with E-state index in [1.165, 1.54) is 6.08 Å². The normalized spacial score (nSPS) is 17.4. The number of nitrogens with zero attached hydrogens (tertiary/aromatic N) is 1. The first-order valence-electron chi connectivity index (χ1n) is 17.4. The number of benzene rings is 2. The average molecular weight is 674 g/mol. The minimum absolute atomic E-state index is 0.0515. The number of aliphatic imine (C=N–C) groups is 1. The third-order valence-corrected chi connectivity index (χ3v) is 9.45. The Morgan fingerprint density at radius 2 is 1.84 bits per heavy atom. The summed E-state index contributed by atoms with van der Waals surface area (Å²) in [6.45, 7) is 0.550. The summed E-state index contributed by atoms with van der Waals surface area (Å²) in [5.41, 5.74) is 8.81. The molecule has 0 saturated heterocycles. The lowest BCUT2D eigenvalue weighted by molar-refractivity contribution is -0.131. The van der Waals surface area contributed by atoms with E-state index in [1.807, 2.05) is 30.5 Å². The molecule has 11 nitrogen and oxygen atoms in total. The number of carboxylic acid groups (broad SMARTS) is 1. The molecule has 0 spiro atoms. The molecule has 0 saturated carbocycles. The number of aliphatic hydroxyl groups excluding tert-OH is 2. The van der Waals surface area contributed by atoms with Crippen molar-refractivity contribution in [2.45, 2.75) is 94.7 Å². The highest BCUT2D eigenvalue weighted by atomic mass is 16.4. The van der Waals surface area contributed by atoms with Crippen molar-refractivity contribution < 1.29 is 29.7 Å². The average Bonchev–Trinajstić information content (AvgIpc) is 3.61. The molecule has 11 heteroatoms. The van der Waals surface area contributed by atoms with Crippen molar-refractivity contribution in [3.63, 3.8) is 0 Å². The van der Waals surface area contributed by atoms with Gasteiger partial charge in [-0.25, -0.2) is 4.79 Å². The van der Waals surface area contributed by atoms with Crippen LogP contribution in [0.2, 0.25) is 0 Å². The number of hydrogen-bond donors (Lipinski definition) is 7. The maximum absolute atomic E-state index is 12.1. The van der Waals surface area contributed by atoms with E-state index in [1.54, 1.807) is 0 Å². The van der Waals surface area contributed by atoms with Gasteiger partial charge in [0.05, 0.1) is 18.2 Å². The molecule has 4 rings (SSSR count). The number of aldehydes is 2. The molecule has 0 fully saturated rings. The summed E-state index contributed by atoms with van der Waals surface area (Å²) in [7, 11) is 0. The van der Waals surface area contributed by atoms with Crippen LogP contribution >= 0.6 is 0 Å². The van der Waals surface area contributed by atoms with Gasteiger partial charge < -0.3 is 46.3 Å². The highest BCUT2D eigenvalue weighted by molar-refractivity contribution is 5.85. The number of nitrogens with two attached hydrogens (primary N) is 1. The zero-order valence-electron chi connectivity index (χ0n) is 28.1. The number of aliphatic carboxylic acids is 1. The van der Waals surface area contributed by atoms with E-state index in [0.29, 0.717) is 69.4 Å². The van der Waals surface area contributed by atoms with Gasteiger partial charge in [0.25, 0.3) is 0 Å². The first kappa shape index (κ1) is 37.3. The Morgan fingerprint density at radius 1 is 1.00 bits per heavy atom. The smallest absolute Gasteiger partial charge is 0.328 e. The second kappa shape index (κ2) is 19.5. The number of nitrogens with one attached hydrogen (secondary N) is 3. The molecule has 8 N–H and O–H groups in total. The van der Waals surface area contributed by atoms with Gasteiger partial charge in [0.1, 0.15) is 18.4 Å². The molecule has 1 aliphatic rings. The van der Waals surface area contributed by atoms with Crippen LogP contribution in [0.4, 0.5) is 5.82 Å². The Morgan fingerprint density at radius 3 is 2.55 bits per heavy atom. The fraction of sp³-hybridized carbons (Fsp3) is 0.474. The van der Waals surface area contributed by atoms with Crippen molar-refractivity contribution in [1.82, 2.24) is 10.3 Å². The Kier molecular flexibility index (Phi) is 14.9. The van der Waals surface area contributed by atoms with Gasteiger partial charge in [-0.05, 0) is 103 Å². The number of aromatic nitrogens is 1. The Labute approximate surface area is 288 Å². The monoisotopic (exact) mass is 673 g/mol. The molecular formula is C38H51N5O6. The maximum Gasteiger partial charge on any atom is 0.328 e. The summed E-state index contributed by atoms with van der Waals surface area (Å²) in [5, 5.41) is 38.7. The van der Waals surface area contributed by atoms with E-state index in [2.05, 4.69) is 44.9 Å². The van der Waals surface area contributed by atoms with Gasteiger partial charge in [0.15, 0.2) is 5.96 Å². The van der Waals surface area contributed by atoms with Crippen LogP contribution in [-0.4, -0.2) is 76.1 Å². The van der Waals surface area contributed by atoms with Gasteiger partial charge in [-0.2, -0.15) is 0 Å². The van der Waals surface area contributed by atoms with Crippen LogP contribution in [-0.2, 0) is 20.8 Å². The first-order valence-corrected chi connectivity index (χ1v) is 17.4. The Balaban J connectivity index is 1.56. The summed E-state index contributed by atoms with van der Waals surface area (Å²) in [4.78, 5) is 42.2. The quantitative estimate of drug-likeness (QED) is 0.0578. The summed E-state index contributed by atoms with van der Waals surface area (Å²) in [6, 6.07) is 15.6. The molecule has 2 heterocycles. The van der Waals surface area contributed by atoms with Crippen LogP contribution < -0.4 is 16.4 Å². The van der Waals surface area contributed by atoms with E-state index in [0.717, 1.165) is 59.6 Å². The number of aliphatic hydroxyl groups is 2. The van der Waals surface area contributed by atoms with E-state index in [4.69, 9.17) is 10.8 Å². The van der Waals surface area contributed by atoms with Gasteiger partial charge in [-0.1, -0.05) is 42.8 Å². The van der Waals surface area contributed by atoms with Crippen LogP contribution in [0.15, 0.2) is 71.4 Å². The molecule has 5 unspecified atom stereocenters. The van der Waals surface area contributed by atoms with E-state index < -0.39 is 12.1 Å². The number of rotatable bonds is 22. The molecule has 0 bridgehead atoms. The molecule has 264 valence electrons. The predicted molar refractivity (Wildman–Crippen MR) is 193 cm³/mol. The van der Waals surface area contributed by atoms with Crippen LogP contribution in [0.1, 0.15) is 81.3 Å². The van der Waals surface area contributed by atoms with E-state index in [-0.39, 0.29) is 30.5 Å². The fourth-order valence-corrected chi connectivity index (χ4v) is 6.80. The highest BCUT2D eigenvalue weighted by Crippen LogP contribution is 2.33. The Hall–Kier alpha value is -4.48. The fourth-order valence-electron chi connectivity index (χ4n) is 6.80. The maximum atomic E-state index is 12.1. The summed E-state index contributed by atoms with van der Waals surface area (Å²) < 4.78 is 0. The number of carbonyl (C=O) groups excluding carboxylic acids is 2. The van der Waals surface area contributed by atoms with Crippen molar-refractivity contribution in [3.05, 3.63) is 77.5 Å². The van der Waals surface area contributed by atoms with Crippen LogP contribution in [0.3, 0.4) is 0 Å². The third kappa shape index (κ3) is 11.9. The number of anilines is 1.